The molecule has 0 aliphatic rings. The molecule has 0 aliphatic carbocycles. The zero-order valence-corrected chi connectivity index (χ0v) is 16.4. The molecule has 0 aliphatic heterocycles. The molecule has 3 aromatic rings. The Hall–Kier alpha value is -3.59. The van der Waals surface area contributed by atoms with Crippen LogP contribution < -0.4 is 20.9 Å². The Morgan fingerprint density at radius 3 is 2.45 bits per heavy atom. The predicted octanol–water partition coefficient (Wildman–Crippen LogP) is 2.38. The van der Waals surface area contributed by atoms with Crippen molar-refractivity contribution in [2.24, 2.45) is 5.73 Å². The Bertz CT molecular complexity index is 1150. The quantitative estimate of drug-likeness (QED) is 0.545. The lowest BCUT2D eigenvalue weighted by Crippen LogP contribution is -2.14. The van der Waals surface area contributed by atoms with E-state index < -0.39 is 15.9 Å². The normalized spacial score (nSPS) is 11.1. The van der Waals surface area contributed by atoms with E-state index in [0.29, 0.717) is 22.6 Å². The molecule has 29 heavy (non-hydrogen) atoms. The molecular formula is C20H20N4O4S. The van der Waals surface area contributed by atoms with E-state index >= 15 is 0 Å². The summed E-state index contributed by atoms with van der Waals surface area (Å²) in [4.78, 5) is 15.7. The zero-order chi connectivity index (χ0) is 21.0. The van der Waals surface area contributed by atoms with Crippen LogP contribution in [0, 0.1) is 0 Å². The van der Waals surface area contributed by atoms with Gasteiger partial charge >= 0.3 is 0 Å². The summed E-state index contributed by atoms with van der Waals surface area (Å²) in [5.74, 6) is 0.0348. The second kappa shape index (κ2) is 8.19. The van der Waals surface area contributed by atoms with E-state index in [2.05, 4.69) is 9.71 Å². The van der Waals surface area contributed by atoms with Crippen molar-refractivity contribution in [3.8, 4) is 16.9 Å². The first-order valence-electron chi connectivity index (χ1n) is 8.57. The number of benzene rings is 2. The van der Waals surface area contributed by atoms with E-state index in [0.717, 1.165) is 17.4 Å². The predicted molar refractivity (Wildman–Crippen MR) is 112 cm³/mol. The fourth-order valence-electron chi connectivity index (χ4n) is 2.72. The molecule has 8 nitrogen and oxygen atoms in total. The van der Waals surface area contributed by atoms with Crippen molar-refractivity contribution < 1.29 is 17.9 Å². The largest absolute Gasteiger partial charge is 0.485 e. The van der Waals surface area contributed by atoms with Gasteiger partial charge in [-0.15, -0.1) is 0 Å². The number of nitrogens with two attached hydrogens (primary N) is 2. The van der Waals surface area contributed by atoms with Gasteiger partial charge in [-0.3, -0.25) is 9.52 Å². The Morgan fingerprint density at radius 1 is 1.10 bits per heavy atom. The third-order valence-corrected chi connectivity index (χ3v) is 4.68. The fourth-order valence-corrected chi connectivity index (χ4v) is 3.28. The van der Waals surface area contributed by atoms with Crippen molar-refractivity contribution in [3.05, 3.63) is 71.9 Å². The number of hydrogen-bond acceptors (Lipinski definition) is 6. The minimum Gasteiger partial charge on any atom is -0.485 e. The number of nitrogens with zero attached hydrogens (tertiary/aromatic N) is 1. The molecule has 3 rings (SSSR count). The van der Waals surface area contributed by atoms with Crippen LogP contribution in [0.3, 0.4) is 0 Å². The summed E-state index contributed by atoms with van der Waals surface area (Å²) in [7, 11) is -3.34. The first-order chi connectivity index (χ1) is 13.7. The van der Waals surface area contributed by atoms with Crippen molar-refractivity contribution in [1.29, 1.82) is 0 Å². The van der Waals surface area contributed by atoms with Crippen LogP contribution in [0.2, 0.25) is 0 Å². The van der Waals surface area contributed by atoms with E-state index in [4.69, 9.17) is 16.2 Å². The van der Waals surface area contributed by atoms with Crippen LogP contribution in [0.15, 0.2) is 60.8 Å². The summed E-state index contributed by atoms with van der Waals surface area (Å²) in [5, 5.41) is 0. The Morgan fingerprint density at radius 2 is 1.79 bits per heavy atom. The Balaban J connectivity index is 1.81. The monoisotopic (exact) mass is 412 g/mol. The van der Waals surface area contributed by atoms with Gasteiger partial charge in [0.15, 0.2) is 11.6 Å². The van der Waals surface area contributed by atoms with E-state index in [9.17, 15) is 13.2 Å². The number of amides is 1. The van der Waals surface area contributed by atoms with Crippen LogP contribution in [0.5, 0.6) is 5.75 Å². The lowest BCUT2D eigenvalue weighted by atomic mass is 10.1. The topological polar surface area (TPSA) is 137 Å². The summed E-state index contributed by atoms with van der Waals surface area (Å²) in [6.07, 6.45) is 2.68. The van der Waals surface area contributed by atoms with Gasteiger partial charge in [0, 0.05) is 28.6 Å². The van der Waals surface area contributed by atoms with Crippen LogP contribution in [-0.2, 0) is 16.6 Å². The lowest BCUT2D eigenvalue weighted by Gasteiger charge is -2.12. The van der Waals surface area contributed by atoms with Crippen molar-refractivity contribution in [2.45, 2.75) is 6.61 Å². The lowest BCUT2D eigenvalue weighted by molar-refractivity contribution is 0.0998. The number of anilines is 2. The average Bonchev–Trinajstić information content (AvgIpc) is 2.67. The molecule has 0 fully saturated rings. The number of sulfonamides is 1. The standard InChI is InChI=1S/C20H20N4O4S/c1-29(26,27)24-16-8-6-13(7-9-16)15-10-18(19(21)23-11-15)28-12-14-4-2-3-5-17(14)20(22)25/h2-11,24H,12H2,1H3,(H2,21,23)(H2,22,25). The van der Waals surface area contributed by atoms with E-state index in [1.165, 1.54) is 0 Å². The summed E-state index contributed by atoms with van der Waals surface area (Å²) in [5.41, 5.74) is 14.3. The summed E-state index contributed by atoms with van der Waals surface area (Å²) in [6, 6.07) is 15.4. The first kappa shape index (κ1) is 20.2. The average molecular weight is 412 g/mol. The number of pyridine rings is 1. The van der Waals surface area contributed by atoms with Gasteiger partial charge in [-0.05, 0) is 29.8 Å². The molecule has 150 valence electrons. The van der Waals surface area contributed by atoms with Crippen molar-refractivity contribution in [2.75, 3.05) is 16.7 Å². The third kappa shape index (κ3) is 5.23. The van der Waals surface area contributed by atoms with Gasteiger partial charge in [-0.1, -0.05) is 30.3 Å². The van der Waals surface area contributed by atoms with E-state index in [1.807, 2.05) is 0 Å². The van der Waals surface area contributed by atoms with Gasteiger partial charge in [0.05, 0.1) is 6.26 Å². The number of hydrogen-bond donors (Lipinski definition) is 3. The van der Waals surface area contributed by atoms with Crippen molar-refractivity contribution >= 4 is 27.4 Å². The van der Waals surface area contributed by atoms with Crippen LogP contribution in [-0.4, -0.2) is 25.6 Å². The number of nitrogens with one attached hydrogen (secondary N) is 1. The molecule has 0 saturated carbocycles. The highest BCUT2D eigenvalue weighted by atomic mass is 32.2. The molecular weight excluding hydrogens is 392 g/mol. The van der Waals surface area contributed by atoms with Gasteiger partial charge < -0.3 is 16.2 Å². The summed E-state index contributed by atoms with van der Waals surface area (Å²) >= 11 is 0. The molecule has 0 spiro atoms. The molecule has 1 amide bonds. The van der Waals surface area contributed by atoms with Crippen LogP contribution in [0.1, 0.15) is 15.9 Å². The number of carbonyl (C=O) groups is 1. The number of nitrogen functional groups attached to an aromatic ring is 1. The highest BCUT2D eigenvalue weighted by Crippen LogP contribution is 2.28. The van der Waals surface area contributed by atoms with E-state index in [1.54, 1.807) is 60.8 Å². The molecule has 1 heterocycles. The molecule has 0 saturated heterocycles. The number of primary amides is 1. The maximum absolute atomic E-state index is 11.5. The highest BCUT2D eigenvalue weighted by molar-refractivity contribution is 7.92. The molecule has 2 aromatic carbocycles. The van der Waals surface area contributed by atoms with Gasteiger partial charge in [-0.2, -0.15) is 0 Å². The fraction of sp³-hybridized carbons (Fsp3) is 0.100. The van der Waals surface area contributed by atoms with Crippen molar-refractivity contribution in [1.82, 2.24) is 4.98 Å². The van der Waals surface area contributed by atoms with Crippen LogP contribution in [0.4, 0.5) is 11.5 Å². The number of rotatable bonds is 7. The van der Waals surface area contributed by atoms with Gasteiger partial charge in [0.25, 0.3) is 0 Å². The maximum Gasteiger partial charge on any atom is 0.249 e. The molecule has 0 unspecified atom stereocenters. The van der Waals surface area contributed by atoms with E-state index in [-0.39, 0.29) is 12.4 Å². The molecule has 9 heteroatoms. The van der Waals surface area contributed by atoms with Crippen LogP contribution >= 0.6 is 0 Å². The van der Waals surface area contributed by atoms with Gasteiger partial charge in [-0.25, -0.2) is 13.4 Å². The molecule has 0 radical (unpaired) electrons. The second-order valence-electron chi connectivity index (χ2n) is 6.37. The SMILES string of the molecule is CS(=O)(=O)Nc1ccc(-c2cnc(N)c(OCc3ccccc3C(N)=O)c2)cc1. The first-order valence-corrected chi connectivity index (χ1v) is 10.5. The maximum atomic E-state index is 11.5. The molecule has 1 aromatic heterocycles. The Labute approximate surface area is 168 Å². The highest BCUT2D eigenvalue weighted by Gasteiger charge is 2.11. The van der Waals surface area contributed by atoms with Crippen LogP contribution in [0.25, 0.3) is 11.1 Å². The third-order valence-electron chi connectivity index (χ3n) is 4.07. The summed E-state index contributed by atoms with van der Waals surface area (Å²) in [6.45, 7) is 0.103. The second-order valence-corrected chi connectivity index (χ2v) is 8.12. The molecule has 5 N–H and O–H groups in total. The zero-order valence-electron chi connectivity index (χ0n) is 15.6. The summed E-state index contributed by atoms with van der Waals surface area (Å²) < 4.78 is 30.8. The molecule has 0 atom stereocenters. The van der Waals surface area contributed by atoms with Gasteiger partial charge in [0.1, 0.15) is 6.61 Å². The minimum atomic E-state index is -3.34. The smallest absolute Gasteiger partial charge is 0.249 e. The number of carbonyl (C=O) groups excluding carboxylic acids is 1. The molecule has 0 bridgehead atoms. The number of ether oxygens (including phenoxy) is 1. The van der Waals surface area contributed by atoms with Gasteiger partial charge in [0.2, 0.25) is 15.9 Å². The van der Waals surface area contributed by atoms with Crippen molar-refractivity contribution in [3.63, 3.8) is 0 Å². The minimum absolute atomic E-state index is 0.103. The Kier molecular flexibility index (Phi) is 5.69. The number of aromatic nitrogens is 1.